The summed E-state index contributed by atoms with van der Waals surface area (Å²) >= 11 is 1.25. The molecular weight excluding hydrogens is 327 g/mol. The summed E-state index contributed by atoms with van der Waals surface area (Å²) in [5.41, 5.74) is 3.37. The number of aryl methyl sites for hydroxylation is 1. The van der Waals surface area contributed by atoms with Crippen LogP contribution in [0.3, 0.4) is 0 Å². The second-order valence-electron chi connectivity index (χ2n) is 5.62. The van der Waals surface area contributed by atoms with E-state index in [1.807, 2.05) is 25.1 Å². The largest absolute Gasteiger partial charge is 0.464 e. The maximum atomic E-state index is 13.2. The maximum Gasteiger partial charge on any atom is 0.230 e. The molecule has 0 bridgehead atoms. The molecule has 4 aromatic rings. The molecule has 0 fully saturated rings. The van der Waals surface area contributed by atoms with Crippen molar-refractivity contribution in [1.82, 2.24) is 4.98 Å². The summed E-state index contributed by atoms with van der Waals surface area (Å²) in [6.07, 6.45) is 1.80. The Labute approximate surface area is 140 Å². The number of carbonyl (C=O) groups is 1. The van der Waals surface area contributed by atoms with E-state index in [4.69, 9.17) is 4.42 Å². The summed E-state index contributed by atoms with van der Waals surface area (Å²) in [6.45, 7) is 1.99. The Morgan fingerprint density at radius 3 is 3.04 bits per heavy atom. The quantitative estimate of drug-likeness (QED) is 0.589. The van der Waals surface area contributed by atoms with Crippen LogP contribution in [0.25, 0.3) is 21.2 Å². The molecule has 24 heavy (non-hydrogen) atoms. The Morgan fingerprint density at radius 1 is 1.29 bits per heavy atom. The van der Waals surface area contributed by atoms with Gasteiger partial charge in [0.05, 0.1) is 22.9 Å². The Balaban J connectivity index is 1.54. The van der Waals surface area contributed by atoms with E-state index in [0.717, 1.165) is 22.1 Å². The monoisotopic (exact) mass is 340 g/mol. The lowest BCUT2D eigenvalue weighted by molar-refractivity contribution is -0.115. The van der Waals surface area contributed by atoms with Gasteiger partial charge in [0.1, 0.15) is 11.4 Å². The van der Waals surface area contributed by atoms with Crippen molar-refractivity contribution >= 4 is 43.6 Å². The van der Waals surface area contributed by atoms with Gasteiger partial charge in [-0.1, -0.05) is 23.5 Å². The number of amides is 1. The van der Waals surface area contributed by atoms with Crippen LogP contribution >= 0.6 is 11.3 Å². The van der Waals surface area contributed by atoms with Gasteiger partial charge in [0, 0.05) is 10.9 Å². The first kappa shape index (κ1) is 14.8. The number of carbonyl (C=O) groups excluding carboxylic acids is 1. The molecule has 0 atom stereocenters. The molecule has 0 aliphatic rings. The van der Waals surface area contributed by atoms with Crippen molar-refractivity contribution in [3.8, 4) is 0 Å². The van der Waals surface area contributed by atoms with Crippen molar-refractivity contribution < 1.29 is 13.6 Å². The van der Waals surface area contributed by atoms with Crippen LogP contribution in [-0.2, 0) is 11.2 Å². The Morgan fingerprint density at radius 2 is 2.17 bits per heavy atom. The predicted molar refractivity (Wildman–Crippen MR) is 92.9 cm³/mol. The molecule has 4 rings (SSSR count). The topological polar surface area (TPSA) is 55.1 Å². The number of benzene rings is 2. The smallest absolute Gasteiger partial charge is 0.230 e. The van der Waals surface area contributed by atoms with Gasteiger partial charge in [-0.05, 0) is 36.8 Å². The van der Waals surface area contributed by atoms with Crippen LogP contribution in [0.2, 0.25) is 0 Å². The Hall–Kier alpha value is -2.73. The van der Waals surface area contributed by atoms with Crippen molar-refractivity contribution in [2.24, 2.45) is 0 Å². The van der Waals surface area contributed by atoms with Crippen LogP contribution in [0.15, 0.2) is 47.1 Å². The zero-order valence-electron chi connectivity index (χ0n) is 12.8. The fourth-order valence-electron chi connectivity index (χ4n) is 2.62. The average Bonchev–Trinajstić information content (AvgIpc) is 3.10. The van der Waals surface area contributed by atoms with Gasteiger partial charge in [-0.25, -0.2) is 9.37 Å². The summed E-state index contributed by atoms with van der Waals surface area (Å²) in [6, 6.07) is 10.3. The number of nitrogens with one attached hydrogen (secondary N) is 1. The third-order valence-corrected chi connectivity index (χ3v) is 4.69. The molecule has 1 amide bonds. The van der Waals surface area contributed by atoms with E-state index in [-0.39, 0.29) is 18.1 Å². The molecule has 0 unspecified atom stereocenters. The number of thiazole rings is 1. The molecule has 2 heterocycles. The van der Waals surface area contributed by atoms with Crippen LogP contribution in [0.4, 0.5) is 9.52 Å². The summed E-state index contributed by atoms with van der Waals surface area (Å²) in [7, 11) is 0. The molecule has 0 saturated carbocycles. The van der Waals surface area contributed by atoms with Gasteiger partial charge >= 0.3 is 0 Å². The van der Waals surface area contributed by atoms with Crippen molar-refractivity contribution in [1.29, 1.82) is 0 Å². The van der Waals surface area contributed by atoms with Crippen LogP contribution in [-0.4, -0.2) is 10.9 Å². The molecule has 120 valence electrons. The van der Waals surface area contributed by atoms with E-state index >= 15 is 0 Å². The van der Waals surface area contributed by atoms with Gasteiger partial charge in [0.2, 0.25) is 5.91 Å². The third kappa shape index (κ3) is 2.76. The number of furan rings is 1. The first-order valence-corrected chi connectivity index (χ1v) is 8.23. The lowest BCUT2D eigenvalue weighted by Gasteiger charge is -2.00. The molecule has 2 aromatic heterocycles. The first-order chi connectivity index (χ1) is 11.6. The van der Waals surface area contributed by atoms with Gasteiger partial charge in [-0.2, -0.15) is 0 Å². The molecule has 2 aromatic carbocycles. The van der Waals surface area contributed by atoms with Crippen molar-refractivity contribution in [2.45, 2.75) is 13.3 Å². The normalized spacial score (nSPS) is 11.2. The molecular formula is C18H13FN2O2S. The Kier molecular flexibility index (Phi) is 3.54. The zero-order chi connectivity index (χ0) is 16.7. The number of halogens is 1. The number of anilines is 1. The van der Waals surface area contributed by atoms with Gasteiger partial charge in [0.25, 0.3) is 0 Å². The minimum Gasteiger partial charge on any atom is -0.464 e. The lowest BCUT2D eigenvalue weighted by Crippen LogP contribution is -2.13. The lowest BCUT2D eigenvalue weighted by atomic mass is 10.1. The highest BCUT2D eigenvalue weighted by atomic mass is 32.1. The van der Waals surface area contributed by atoms with E-state index < -0.39 is 0 Å². The van der Waals surface area contributed by atoms with E-state index in [9.17, 15) is 9.18 Å². The average molecular weight is 340 g/mol. The number of fused-ring (bicyclic) bond motifs is 2. The summed E-state index contributed by atoms with van der Waals surface area (Å²) in [5.74, 6) is -0.498. The highest BCUT2D eigenvalue weighted by Gasteiger charge is 2.13. The van der Waals surface area contributed by atoms with Crippen molar-refractivity contribution in [3.63, 3.8) is 0 Å². The highest BCUT2D eigenvalue weighted by molar-refractivity contribution is 7.22. The van der Waals surface area contributed by atoms with Gasteiger partial charge in [-0.15, -0.1) is 0 Å². The molecule has 0 aliphatic heterocycles. The minimum atomic E-state index is -0.316. The van der Waals surface area contributed by atoms with E-state index in [1.165, 1.54) is 23.5 Å². The van der Waals surface area contributed by atoms with Crippen LogP contribution in [0, 0.1) is 12.7 Å². The molecule has 6 heteroatoms. The summed E-state index contributed by atoms with van der Waals surface area (Å²) in [5, 5.41) is 4.16. The predicted octanol–water partition coefficient (Wildman–Crippen LogP) is 4.67. The number of rotatable bonds is 3. The van der Waals surface area contributed by atoms with E-state index in [2.05, 4.69) is 10.3 Å². The molecule has 4 nitrogen and oxygen atoms in total. The van der Waals surface area contributed by atoms with Gasteiger partial charge in [0.15, 0.2) is 5.13 Å². The van der Waals surface area contributed by atoms with Crippen molar-refractivity contribution in [3.05, 3.63) is 59.6 Å². The van der Waals surface area contributed by atoms with Gasteiger partial charge in [-0.3, -0.25) is 4.79 Å². The van der Waals surface area contributed by atoms with Crippen LogP contribution in [0.5, 0.6) is 0 Å². The molecule has 1 N–H and O–H groups in total. The van der Waals surface area contributed by atoms with Gasteiger partial charge < -0.3 is 9.73 Å². The molecule has 0 spiro atoms. The van der Waals surface area contributed by atoms with Crippen LogP contribution in [0.1, 0.15) is 11.1 Å². The maximum absolute atomic E-state index is 13.2. The second kappa shape index (κ2) is 5.72. The fourth-order valence-corrected chi connectivity index (χ4v) is 3.52. The molecule has 0 radical (unpaired) electrons. The zero-order valence-corrected chi connectivity index (χ0v) is 13.6. The SMILES string of the molecule is Cc1ccc2c(CC(=O)Nc3nc4ccc(F)cc4s3)coc2c1. The molecule has 0 aliphatic carbocycles. The number of nitrogens with zero attached hydrogens (tertiary/aromatic N) is 1. The Bertz CT molecular complexity index is 1070. The fraction of sp³-hybridized carbons (Fsp3) is 0.111. The minimum absolute atomic E-state index is 0.183. The summed E-state index contributed by atoms with van der Waals surface area (Å²) < 4.78 is 19.4. The number of aromatic nitrogens is 1. The van der Waals surface area contributed by atoms with Crippen LogP contribution < -0.4 is 5.32 Å². The number of hydrogen-bond acceptors (Lipinski definition) is 4. The summed E-state index contributed by atoms with van der Waals surface area (Å²) in [4.78, 5) is 16.6. The number of hydrogen-bond donors (Lipinski definition) is 1. The van der Waals surface area contributed by atoms with E-state index in [1.54, 1.807) is 12.3 Å². The van der Waals surface area contributed by atoms with E-state index in [0.29, 0.717) is 15.3 Å². The third-order valence-electron chi connectivity index (χ3n) is 3.76. The first-order valence-electron chi connectivity index (χ1n) is 7.41. The second-order valence-corrected chi connectivity index (χ2v) is 6.65. The van der Waals surface area contributed by atoms with Crippen molar-refractivity contribution in [2.75, 3.05) is 5.32 Å². The standard InChI is InChI=1S/C18H13FN2O2S/c1-10-2-4-13-11(9-23-15(13)6-10)7-17(22)21-18-20-14-5-3-12(19)8-16(14)24-18/h2-6,8-9H,7H2,1H3,(H,20,21,22). The molecule has 0 saturated heterocycles. The highest BCUT2D eigenvalue weighted by Crippen LogP contribution is 2.27.